The maximum atomic E-state index is 12.6. The predicted molar refractivity (Wildman–Crippen MR) is 113 cm³/mol. The van der Waals surface area contributed by atoms with E-state index in [2.05, 4.69) is 22.2 Å². The van der Waals surface area contributed by atoms with Gasteiger partial charge in [-0.25, -0.2) is 9.98 Å². The zero-order valence-electron chi connectivity index (χ0n) is 16.1. The lowest BCUT2D eigenvalue weighted by atomic mass is 9.80. The Morgan fingerprint density at radius 1 is 1.43 bits per heavy atom. The topological polar surface area (TPSA) is 102 Å². The maximum absolute atomic E-state index is 12.6. The number of hydrogen-bond acceptors (Lipinski definition) is 8. The van der Waals surface area contributed by atoms with Crippen LogP contribution in [-0.4, -0.2) is 39.5 Å². The number of thioether (sulfide) groups is 1. The Hall–Kier alpha value is -1.97. The lowest BCUT2D eigenvalue weighted by molar-refractivity contribution is -0.0466. The van der Waals surface area contributed by atoms with Crippen LogP contribution in [-0.2, 0) is 10.3 Å². The second kappa shape index (κ2) is 7.46. The van der Waals surface area contributed by atoms with Crippen molar-refractivity contribution in [1.82, 2.24) is 9.97 Å². The molecule has 1 fully saturated rings. The fraction of sp³-hybridized carbons (Fsp3) is 0.474. The molecule has 3 N–H and O–H groups in total. The van der Waals surface area contributed by atoms with Gasteiger partial charge in [-0.1, -0.05) is 17.8 Å². The molecule has 4 heterocycles. The number of rotatable bonds is 3. The molecule has 0 aliphatic carbocycles. The Morgan fingerprint density at radius 3 is 3.04 bits per heavy atom. The maximum Gasteiger partial charge on any atom is 0.275 e. The minimum atomic E-state index is -0.562. The van der Waals surface area contributed by atoms with Crippen LogP contribution in [0.1, 0.15) is 40.0 Å². The van der Waals surface area contributed by atoms with E-state index in [-0.39, 0.29) is 12.0 Å². The highest BCUT2D eigenvalue weighted by atomic mass is 32.2. The molecule has 0 unspecified atom stereocenters. The summed E-state index contributed by atoms with van der Waals surface area (Å²) >= 11 is 3.07. The van der Waals surface area contributed by atoms with Gasteiger partial charge in [-0.15, -0.1) is 11.3 Å². The lowest BCUT2D eigenvalue weighted by Gasteiger charge is -2.44. The summed E-state index contributed by atoms with van der Waals surface area (Å²) < 4.78 is 5.94. The fourth-order valence-electron chi connectivity index (χ4n) is 3.74. The van der Waals surface area contributed by atoms with Crippen molar-refractivity contribution < 1.29 is 9.53 Å². The number of nitrogens with zero attached hydrogens (tertiary/aromatic N) is 3. The summed E-state index contributed by atoms with van der Waals surface area (Å²) in [7, 11) is 0. The van der Waals surface area contributed by atoms with E-state index in [1.54, 1.807) is 18.0 Å². The van der Waals surface area contributed by atoms with E-state index < -0.39 is 5.54 Å². The molecule has 0 aromatic carbocycles. The van der Waals surface area contributed by atoms with E-state index in [1.165, 1.54) is 11.3 Å². The molecule has 1 amide bonds. The number of anilines is 1. The molecule has 0 saturated carbocycles. The SMILES string of the molecule is Cc1cnc(C(=O)Nc2csc([C@]34CO[C@@H](C)C[C@H]3CSC(N)=N4)n2)c(C)c1. The van der Waals surface area contributed by atoms with Gasteiger partial charge in [0.05, 0.1) is 12.7 Å². The largest absolute Gasteiger partial charge is 0.379 e. The Morgan fingerprint density at radius 2 is 2.25 bits per heavy atom. The molecule has 3 atom stereocenters. The molecule has 2 aromatic heterocycles. The minimum absolute atomic E-state index is 0.197. The standard InChI is InChI=1S/C19H23N5O2S2/c1-10-4-11(2)15(21-6-10)16(25)22-14-8-27-17(23-14)19-9-26-12(3)5-13(19)7-28-18(20)24-19/h4,6,8,12-13H,5,7,9H2,1-3H3,(H2,20,24)(H,22,25)/t12-,13-,19-/m0/s1. The molecule has 0 bridgehead atoms. The van der Waals surface area contributed by atoms with Crippen molar-refractivity contribution in [2.45, 2.75) is 38.8 Å². The molecule has 2 aliphatic rings. The smallest absolute Gasteiger partial charge is 0.275 e. The summed E-state index contributed by atoms with van der Waals surface area (Å²) in [6.07, 6.45) is 2.80. The van der Waals surface area contributed by atoms with Crippen LogP contribution in [0.4, 0.5) is 5.82 Å². The number of aliphatic imine (C=N–C) groups is 1. The first-order valence-electron chi connectivity index (χ1n) is 9.18. The van der Waals surface area contributed by atoms with Gasteiger partial charge < -0.3 is 15.8 Å². The van der Waals surface area contributed by atoms with Gasteiger partial charge >= 0.3 is 0 Å². The average Bonchev–Trinajstić information content (AvgIpc) is 3.11. The number of aromatic nitrogens is 2. The molecule has 1 saturated heterocycles. The Labute approximate surface area is 172 Å². The van der Waals surface area contributed by atoms with Crippen LogP contribution in [0.3, 0.4) is 0 Å². The van der Waals surface area contributed by atoms with Gasteiger partial charge in [0.15, 0.2) is 5.17 Å². The number of carbonyl (C=O) groups excluding carboxylic acids is 1. The summed E-state index contributed by atoms with van der Waals surface area (Å²) in [4.78, 5) is 26.3. The lowest BCUT2D eigenvalue weighted by Crippen LogP contribution is -2.49. The van der Waals surface area contributed by atoms with Gasteiger partial charge in [0.2, 0.25) is 0 Å². The molecule has 0 radical (unpaired) electrons. The summed E-state index contributed by atoms with van der Waals surface area (Å²) in [5.74, 6) is 1.45. The van der Waals surface area contributed by atoms with Crippen LogP contribution in [0.25, 0.3) is 0 Å². The van der Waals surface area contributed by atoms with E-state index in [9.17, 15) is 4.79 Å². The zero-order chi connectivity index (χ0) is 19.9. The second-order valence-corrected chi connectivity index (χ2v) is 9.31. The van der Waals surface area contributed by atoms with Crippen LogP contribution in [0.15, 0.2) is 22.6 Å². The Bertz CT molecular complexity index is 944. The Kier molecular flexibility index (Phi) is 5.15. The monoisotopic (exact) mass is 417 g/mol. The quantitative estimate of drug-likeness (QED) is 0.796. The van der Waals surface area contributed by atoms with E-state index >= 15 is 0 Å². The van der Waals surface area contributed by atoms with Gasteiger partial charge in [0, 0.05) is 23.2 Å². The van der Waals surface area contributed by atoms with Crippen LogP contribution in [0.5, 0.6) is 0 Å². The number of fused-ring (bicyclic) bond motifs is 1. The van der Waals surface area contributed by atoms with Crippen LogP contribution >= 0.6 is 23.1 Å². The van der Waals surface area contributed by atoms with Gasteiger partial charge in [-0.3, -0.25) is 9.78 Å². The number of pyridine rings is 1. The number of nitrogens with two attached hydrogens (primary N) is 1. The van der Waals surface area contributed by atoms with Crippen molar-refractivity contribution in [3.63, 3.8) is 0 Å². The van der Waals surface area contributed by atoms with E-state index in [0.717, 1.165) is 28.3 Å². The molecule has 7 nitrogen and oxygen atoms in total. The van der Waals surface area contributed by atoms with Crippen molar-refractivity contribution in [1.29, 1.82) is 0 Å². The molecular weight excluding hydrogens is 394 g/mol. The first kappa shape index (κ1) is 19.4. The van der Waals surface area contributed by atoms with Crippen LogP contribution in [0, 0.1) is 19.8 Å². The third-order valence-corrected chi connectivity index (χ3v) is 7.13. The minimum Gasteiger partial charge on any atom is -0.379 e. The molecule has 2 aliphatic heterocycles. The zero-order valence-corrected chi connectivity index (χ0v) is 17.7. The molecule has 9 heteroatoms. The molecule has 28 heavy (non-hydrogen) atoms. The van der Waals surface area contributed by atoms with Gasteiger partial charge in [-0.05, 0) is 38.3 Å². The summed E-state index contributed by atoms with van der Waals surface area (Å²) in [6, 6.07) is 1.94. The number of thiazole rings is 1. The third-order valence-electron chi connectivity index (χ3n) is 5.17. The van der Waals surface area contributed by atoms with Gasteiger partial charge in [0.25, 0.3) is 5.91 Å². The highest BCUT2D eigenvalue weighted by Crippen LogP contribution is 2.47. The van der Waals surface area contributed by atoms with E-state index in [4.69, 9.17) is 15.5 Å². The number of hydrogen-bond donors (Lipinski definition) is 2. The average molecular weight is 418 g/mol. The molecule has 148 valence electrons. The van der Waals surface area contributed by atoms with E-state index in [1.807, 2.05) is 25.3 Å². The van der Waals surface area contributed by atoms with E-state index in [0.29, 0.717) is 29.2 Å². The molecular formula is C19H23N5O2S2. The van der Waals surface area contributed by atoms with Crippen LogP contribution in [0.2, 0.25) is 0 Å². The summed E-state index contributed by atoms with van der Waals surface area (Å²) in [5, 5.41) is 6.10. The highest BCUT2D eigenvalue weighted by Gasteiger charge is 2.49. The van der Waals surface area contributed by atoms with Crippen LogP contribution < -0.4 is 11.1 Å². The number of nitrogens with one attached hydrogen (secondary N) is 1. The van der Waals surface area contributed by atoms with Crippen molar-refractivity contribution >= 4 is 40.0 Å². The van der Waals surface area contributed by atoms with Gasteiger partial charge in [0.1, 0.15) is 22.1 Å². The Balaban J connectivity index is 1.60. The second-order valence-electron chi connectivity index (χ2n) is 7.41. The number of amides is 1. The number of aryl methyl sites for hydroxylation is 2. The highest BCUT2D eigenvalue weighted by molar-refractivity contribution is 8.13. The van der Waals surface area contributed by atoms with Crippen molar-refractivity contribution in [2.75, 3.05) is 17.7 Å². The number of carbonyl (C=O) groups is 1. The van der Waals surface area contributed by atoms with Crippen molar-refractivity contribution in [3.05, 3.63) is 39.5 Å². The first-order chi connectivity index (χ1) is 13.4. The fourth-order valence-corrected chi connectivity index (χ4v) is 5.71. The van der Waals surface area contributed by atoms with Crippen molar-refractivity contribution in [3.8, 4) is 0 Å². The summed E-state index contributed by atoms with van der Waals surface area (Å²) in [5.41, 5.74) is 7.75. The van der Waals surface area contributed by atoms with Crippen molar-refractivity contribution in [2.24, 2.45) is 16.6 Å². The first-order valence-corrected chi connectivity index (χ1v) is 11.0. The molecule has 0 spiro atoms. The number of ether oxygens (including phenoxy) is 1. The third kappa shape index (κ3) is 3.54. The van der Waals surface area contributed by atoms with Gasteiger partial charge in [-0.2, -0.15) is 0 Å². The molecule has 2 aromatic rings. The summed E-state index contributed by atoms with van der Waals surface area (Å²) in [6.45, 7) is 6.37. The number of amidine groups is 1. The normalized spacial score (nSPS) is 27.0. The molecule has 4 rings (SSSR count). The predicted octanol–water partition coefficient (Wildman–Crippen LogP) is 3.09.